The average molecular weight is 361 g/mol. The molecule has 0 atom stereocenters. The fourth-order valence-electron chi connectivity index (χ4n) is 4.17. The highest BCUT2D eigenvalue weighted by Crippen LogP contribution is 2.42. The molecule has 1 nitrogen and oxygen atoms in total. The van der Waals surface area contributed by atoms with Gasteiger partial charge in [0, 0.05) is 16.8 Å². The van der Waals surface area contributed by atoms with Gasteiger partial charge in [0.2, 0.25) is 0 Å². The summed E-state index contributed by atoms with van der Waals surface area (Å²) in [6.07, 6.45) is 6.72. The minimum absolute atomic E-state index is 1.08. The van der Waals surface area contributed by atoms with Crippen molar-refractivity contribution in [3.63, 3.8) is 0 Å². The van der Waals surface area contributed by atoms with Crippen molar-refractivity contribution < 1.29 is 0 Å². The van der Waals surface area contributed by atoms with E-state index in [9.17, 15) is 0 Å². The fourth-order valence-corrected chi connectivity index (χ4v) is 4.17. The zero-order chi connectivity index (χ0) is 18.9. The standard InChI is InChI=1S/C27H23N/c1-20-16-18-23(19-17-20)28(26-14-6-10-21-8-2-4-12-24(21)26)27-15-7-11-22-9-3-5-13-25(22)27/h2-4,6-12,14-19H,5,13H2,1H3. The monoisotopic (exact) mass is 361 g/mol. The Balaban J connectivity index is 1.80. The SMILES string of the molecule is Cc1ccc(N(c2cccc3c2CCC=C3)c2cccc3ccccc23)cc1. The lowest BCUT2D eigenvalue weighted by molar-refractivity contribution is 0.979. The molecule has 1 aliphatic rings. The van der Waals surface area contributed by atoms with E-state index < -0.39 is 0 Å². The van der Waals surface area contributed by atoms with Gasteiger partial charge in [0.1, 0.15) is 0 Å². The maximum atomic E-state index is 2.43. The van der Waals surface area contributed by atoms with Gasteiger partial charge in [-0.2, -0.15) is 0 Å². The second-order valence-electron chi connectivity index (χ2n) is 7.46. The van der Waals surface area contributed by atoms with Crippen LogP contribution in [0.25, 0.3) is 16.8 Å². The van der Waals surface area contributed by atoms with E-state index in [1.807, 2.05) is 0 Å². The zero-order valence-electron chi connectivity index (χ0n) is 16.1. The second kappa shape index (κ2) is 7.01. The quantitative estimate of drug-likeness (QED) is 0.363. The van der Waals surface area contributed by atoms with Crippen LogP contribution in [-0.2, 0) is 6.42 Å². The Kier molecular flexibility index (Phi) is 4.21. The molecule has 1 heteroatoms. The highest BCUT2D eigenvalue weighted by Gasteiger charge is 2.20. The van der Waals surface area contributed by atoms with E-state index in [1.54, 1.807) is 0 Å². The van der Waals surface area contributed by atoms with Crippen LogP contribution < -0.4 is 4.90 Å². The lowest BCUT2D eigenvalue weighted by Gasteiger charge is -2.30. The fraction of sp³-hybridized carbons (Fsp3) is 0.111. The molecule has 0 heterocycles. The van der Waals surface area contributed by atoms with Crippen molar-refractivity contribution in [2.24, 2.45) is 0 Å². The largest absolute Gasteiger partial charge is 0.310 e. The van der Waals surface area contributed by atoms with Crippen molar-refractivity contribution in [3.05, 3.63) is 108 Å². The maximum absolute atomic E-state index is 2.43. The van der Waals surface area contributed by atoms with Crippen molar-refractivity contribution in [2.45, 2.75) is 19.8 Å². The van der Waals surface area contributed by atoms with E-state index >= 15 is 0 Å². The topological polar surface area (TPSA) is 3.24 Å². The van der Waals surface area contributed by atoms with Crippen LogP contribution in [-0.4, -0.2) is 0 Å². The van der Waals surface area contributed by atoms with E-state index in [2.05, 4.69) is 109 Å². The van der Waals surface area contributed by atoms with Gasteiger partial charge < -0.3 is 4.90 Å². The average Bonchev–Trinajstić information content (AvgIpc) is 2.75. The Morgan fingerprint density at radius 3 is 2.36 bits per heavy atom. The highest BCUT2D eigenvalue weighted by atomic mass is 15.1. The number of hydrogen-bond donors (Lipinski definition) is 0. The number of nitrogens with zero attached hydrogens (tertiary/aromatic N) is 1. The first-order chi connectivity index (χ1) is 13.8. The molecule has 0 radical (unpaired) electrons. The van der Waals surface area contributed by atoms with Gasteiger partial charge in [-0.05, 0) is 60.5 Å². The molecule has 0 saturated heterocycles. The van der Waals surface area contributed by atoms with Gasteiger partial charge in [-0.25, -0.2) is 0 Å². The number of fused-ring (bicyclic) bond motifs is 2. The first-order valence-corrected chi connectivity index (χ1v) is 9.94. The van der Waals surface area contributed by atoms with Crippen LogP contribution in [0.3, 0.4) is 0 Å². The molecule has 1 aliphatic carbocycles. The molecular formula is C27H23N. The summed E-state index contributed by atoms with van der Waals surface area (Å²) >= 11 is 0. The number of rotatable bonds is 3. The molecule has 0 saturated carbocycles. The first kappa shape index (κ1) is 16.8. The van der Waals surface area contributed by atoms with Crippen molar-refractivity contribution >= 4 is 33.9 Å². The third kappa shape index (κ3) is 2.90. The first-order valence-electron chi connectivity index (χ1n) is 9.94. The number of anilines is 3. The van der Waals surface area contributed by atoms with Crippen LogP contribution in [0.4, 0.5) is 17.1 Å². The molecular weight excluding hydrogens is 338 g/mol. The molecule has 0 unspecified atom stereocenters. The van der Waals surface area contributed by atoms with Crippen LogP contribution >= 0.6 is 0 Å². The van der Waals surface area contributed by atoms with Crippen LogP contribution in [0.15, 0.2) is 91.0 Å². The number of aryl methyl sites for hydroxylation is 1. The van der Waals surface area contributed by atoms with Gasteiger partial charge in [0.25, 0.3) is 0 Å². The summed E-state index contributed by atoms with van der Waals surface area (Å²) in [6.45, 7) is 2.14. The number of hydrogen-bond acceptors (Lipinski definition) is 1. The van der Waals surface area contributed by atoms with Gasteiger partial charge in [-0.15, -0.1) is 0 Å². The van der Waals surface area contributed by atoms with Crippen LogP contribution in [0.5, 0.6) is 0 Å². The molecule has 4 aromatic rings. The maximum Gasteiger partial charge on any atom is 0.0540 e. The summed E-state index contributed by atoms with van der Waals surface area (Å²) in [6, 6.07) is 30.8. The van der Waals surface area contributed by atoms with E-state index in [4.69, 9.17) is 0 Å². The lowest BCUT2D eigenvalue weighted by Crippen LogP contribution is -2.14. The molecule has 0 amide bonds. The molecule has 0 fully saturated rings. The Bertz CT molecular complexity index is 1160. The third-order valence-corrected chi connectivity index (χ3v) is 5.59. The number of benzene rings is 4. The Morgan fingerprint density at radius 1 is 0.714 bits per heavy atom. The second-order valence-corrected chi connectivity index (χ2v) is 7.46. The summed E-state index contributed by atoms with van der Waals surface area (Å²) < 4.78 is 0. The molecule has 0 spiro atoms. The van der Waals surface area contributed by atoms with E-state index in [1.165, 1.54) is 44.5 Å². The van der Waals surface area contributed by atoms with Gasteiger partial charge in [-0.1, -0.05) is 78.4 Å². The predicted octanol–water partition coefficient (Wildman–Crippen LogP) is 7.58. The van der Waals surface area contributed by atoms with Crippen LogP contribution in [0.2, 0.25) is 0 Å². The number of allylic oxidation sites excluding steroid dienone is 1. The summed E-state index contributed by atoms with van der Waals surface area (Å²) in [5.41, 5.74) is 7.75. The van der Waals surface area contributed by atoms with Gasteiger partial charge in [0.05, 0.1) is 5.69 Å². The minimum atomic E-state index is 1.08. The highest BCUT2D eigenvalue weighted by molar-refractivity contribution is 5.99. The van der Waals surface area contributed by atoms with Crippen molar-refractivity contribution in [2.75, 3.05) is 4.90 Å². The molecule has 4 aromatic carbocycles. The lowest BCUT2D eigenvalue weighted by atomic mass is 9.94. The molecule has 5 rings (SSSR count). The molecule has 0 aromatic heterocycles. The van der Waals surface area contributed by atoms with Crippen LogP contribution in [0, 0.1) is 6.92 Å². The van der Waals surface area contributed by atoms with Crippen molar-refractivity contribution in [3.8, 4) is 0 Å². The van der Waals surface area contributed by atoms with Gasteiger partial charge >= 0.3 is 0 Å². The minimum Gasteiger partial charge on any atom is -0.310 e. The summed E-state index contributed by atoms with van der Waals surface area (Å²) in [5, 5.41) is 2.54. The smallest absolute Gasteiger partial charge is 0.0540 e. The third-order valence-electron chi connectivity index (χ3n) is 5.59. The van der Waals surface area contributed by atoms with E-state index in [0.29, 0.717) is 0 Å². The van der Waals surface area contributed by atoms with Crippen LogP contribution in [0.1, 0.15) is 23.1 Å². The summed E-state index contributed by atoms with van der Waals surface area (Å²) in [7, 11) is 0. The van der Waals surface area contributed by atoms with Gasteiger partial charge in [-0.3, -0.25) is 0 Å². The zero-order valence-corrected chi connectivity index (χ0v) is 16.1. The molecule has 0 bridgehead atoms. The van der Waals surface area contributed by atoms with E-state index in [-0.39, 0.29) is 0 Å². The molecule has 136 valence electrons. The predicted molar refractivity (Wildman–Crippen MR) is 121 cm³/mol. The Hall–Kier alpha value is -3.32. The Morgan fingerprint density at radius 2 is 1.46 bits per heavy atom. The summed E-state index contributed by atoms with van der Waals surface area (Å²) in [5.74, 6) is 0. The molecule has 0 N–H and O–H groups in total. The Labute approximate surface area is 166 Å². The molecule has 28 heavy (non-hydrogen) atoms. The van der Waals surface area contributed by atoms with Crippen molar-refractivity contribution in [1.29, 1.82) is 0 Å². The molecule has 0 aliphatic heterocycles. The normalized spacial score (nSPS) is 12.8. The van der Waals surface area contributed by atoms with Gasteiger partial charge in [0.15, 0.2) is 0 Å². The van der Waals surface area contributed by atoms with E-state index in [0.717, 1.165) is 12.8 Å². The summed E-state index contributed by atoms with van der Waals surface area (Å²) in [4.78, 5) is 2.43. The van der Waals surface area contributed by atoms with Crippen molar-refractivity contribution in [1.82, 2.24) is 0 Å².